The van der Waals surface area contributed by atoms with Crippen molar-refractivity contribution in [3.05, 3.63) is 72.8 Å². The molecule has 2 aliphatic rings. The molecule has 0 spiro atoms. The van der Waals surface area contributed by atoms with Crippen LogP contribution in [0.2, 0.25) is 0 Å². The predicted octanol–water partition coefficient (Wildman–Crippen LogP) is 2.72. The second-order valence-electron chi connectivity index (χ2n) is 6.45. The smallest absolute Gasteiger partial charge is 0.324 e. The lowest BCUT2D eigenvalue weighted by atomic mass is 10.0. The Balaban J connectivity index is 1.91. The summed E-state index contributed by atoms with van der Waals surface area (Å²) in [5, 5.41) is 1.49. The molecule has 2 aromatic rings. The molecule has 128 valence electrons. The van der Waals surface area contributed by atoms with E-state index in [9.17, 15) is 9.36 Å². The van der Waals surface area contributed by atoms with Gasteiger partial charge in [-0.05, 0) is 30.7 Å². The Bertz CT molecular complexity index is 806. The molecule has 0 N–H and O–H groups in total. The number of carbonyl (C=O) groups excluding carboxylic acids is 1. The van der Waals surface area contributed by atoms with Gasteiger partial charge in [-0.15, -0.1) is 0 Å². The first-order valence-corrected chi connectivity index (χ1v) is 10.1. The number of esters is 1. The summed E-state index contributed by atoms with van der Waals surface area (Å²) in [4.78, 5) is 12.5. The highest BCUT2D eigenvalue weighted by atomic mass is 31.2. The van der Waals surface area contributed by atoms with E-state index < -0.39 is 13.3 Å². The van der Waals surface area contributed by atoms with Crippen LogP contribution in [0.1, 0.15) is 6.42 Å². The number of fused-ring (bicyclic) bond motifs is 2. The summed E-state index contributed by atoms with van der Waals surface area (Å²) in [6.45, 7) is 0. The van der Waals surface area contributed by atoms with Crippen LogP contribution in [0.3, 0.4) is 0 Å². The number of rotatable bonds is 4. The van der Waals surface area contributed by atoms with Gasteiger partial charge < -0.3 is 4.74 Å². The molecule has 0 unspecified atom stereocenters. The van der Waals surface area contributed by atoms with Crippen molar-refractivity contribution < 1.29 is 14.1 Å². The average Bonchev–Trinajstić information content (AvgIpc) is 3.30. The topological polar surface area (TPSA) is 46.6 Å². The molecule has 2 bridgehead atoms. The van der Waals surface area contributed by atoms with Gasteiger partial charge in [-0.1, -0.05) is 48.6 Å². The first-order valence-electron chi connectivity index (χ1n) is 8.42. The van der Waals surface area contributed by atoms with Crippen LogP contribution in [-0.2, 0) is 14.1 Å². The van der Waals surface area contributed by atoms with Crippen LogP contribution in [0.4, 0.5) is 0 Å². The van der Waals surface area contributed by atoms with E-state index in [0.717, 1.165) is 17.0 Å². The van der Waals surface area contributed by atoms with Crippen LogP contribution < -0.4 is 10.6 Å². The second kappa shape index (κ2) is 6.29. The molecule has 0 amide bonds. The number of methoxy groups -OCH3 is 1. The van der Waals surface area contributed by atoms with Crippen LogP contribution >= 0.6 is 7.29 Å². The Labute approximate surface area is 147 Å². The van der Waals surface area contributed by atoms with Crippen molar-refractivity contribution >= 4 is 23.9 Å². The number of hydrogen-bond acceptors (Lipinski definition) is 3. The Morgan fingerprint density at radius 3 is 2.08 bits per heavy atom. The molecule has 2 aromatic carbocycles. The number of nitrogens with zero attached hydrogens (tertiary/aromatic N) is 1. The van der Waals surface area contributed by atoms with Gasteiger partial charge in [0.05, 0.1) is 7.11 Å². The van der Waals surface area contributed by atoms with Crippen molar-refractivity contribution in [2.45, 2.75) is 18.5 Å². The minimum atomic E-state index is -3.16. The molecule has 1 saturated heterocycles. The lowest BCUT2D eigenvalue weighted by Gasteiger charge is -2.37. The van der Waals surface area contributed by atoms with E-state index >= 15 is 0 Å². The molecule has 1 aliphatic heterocycles. The summed E-state index contributed by atoms with van der Waals surface area (Å²) in [6.07, 6.45) is 4.94. The maximum Gasteiger partial charge on any atom is 0.324 e. The fourth-order valence-corrected chi connectivity index (χ4v) is 7.19. The number of carbonyl (C=O) groups is 1. The summed E-state index contributed by atoms with van der Waals surface area (Å²) >= 11 is 0. The van der Waals surface area contributed by atoms with E-state index in [2.05, 4.69) is 12.2 Å². The zero-order valence-electron chi connectivity index (χ0n) is 14.0. The Hall–Kier alpha value is -2.16. The van der Waals surface area contributed by atoms with Crippen LogP contribution in [0, 0.1) is 5.92 Å². The fourth-order valence-electron chi connectivity index (χ4n) is 4.00. The zero-order chi connectivity index (χ0) is 17.4. The summed E-state index contributed by atoms with van der Waals surface area (Å²) in [7, 11) is -1.76. The summed E-state index contributed by atoms with van der Waals surface area (Å²) in [5.74, 6) is -0.262. The number of benzene rings is 2. The predicted molar refractivity (Wildman–Crippen MR) is 98.4 cm³/mol. The van der Waals surface area contributed by atoms with Gasteiger partial charge in [-0.3, -0.25) is 9.36 Å². The molecule has 1 fully saturated rings. The molecule has 0 saturated carbocycles. The molecule has 25 heavy (non-hydrogen) atoms. The van der Waals surface area contributed by atoms with Crippen LogP contribution in [0.15, 0.2) is 72.8 Å². The lowest BCUT2D eigenvalue weighted by Crippen LogP contribution is -2.46. The lowest BCUT2D eigenvalue weighted by molar-refractivity contribution is -0.145. The zero-order valence-corrected chi connectivity index (χ0v) is 14.9. The van der Waals surface area contributed by atoms with Crippen molar-refractivity contribution in [2.24, 2.45) is 5.92 Å². The van der Waals surface area contributed by atoms with Gasteiger partial charge in [0, 0.05) is 22.6 Å². The van der Waals surface area contributed by atoms with Gasteiger partial charge in [0.15, 0.2) is 0 Å². The Morgan fingerprint density at radius 2 is 1.56 bits per heavy atom. The highest BCUT2D eigenvalue weighted by Crippen LogP contribution is 2.57. The van der Waals surface area contributed by atoms with Crippen LogP contribution in [-0.4, -0.2) is 29.8 Å². The maximum atomic E-state index is 14.5. The molecule has 4 nitrogen and oxygen atoms in total. The number of ether oxygens (including phenoxy) is 1. The molecule has 1 aliphatic carbocycles. The van der Waals surface area contributed by atoms with E-state index in [1.165, 1.54) is 7.11 Å². The van der Waals surface area contributed by atoms with E-state index in [1.54, 1.807) is 0 Å². The van der Waals surface area contributed by atoms with Gasteiger partial charge in [-0.2, -0.15) is 0 Å². The SMILES string of the molecule is COC(=O)[C@@H]1[C@@H]2C=C[C@@H](C2)N1P(=O)(c1ccccc1)c1ccccc1. The molecule has 0 aromatic heterocycles. The molecule has 3 atom stereocenters. The average molecular weight is 353 g/mol. The van der Waals surface area contributed by atoms with E-state index in [1.807, 2.05) is 65.3 Å². The normalized spacial score (nSPS) is 25.2. The van der Waals surface area contributed by atoms with Gasteiger partial charge >= 0.3 is 5.97 Å². The van der Waals surface area contributed by atoms with Gasteiger partial charge in [0.2, 0.25) is 7.29 Å². The Kier molecular flexibility index (Phi) is 4.10. The van der Waals surface area contributed by atoms with Crippen LogP contribution in [0.5, 0.6) is 0 Å². The molecular formula is C20H20NO3P. The van der Waals surface area contributed by atoms with Gasteiger partial charge in [0.25, 0.3) is 0 Å². The minimum Gasteiger partial charge on any atom is -0.468 e. The minimum absolute atomic E-state index is 0.0136. The van der Waals surface area contributed by atoms with Gasteiger partial charge in [0.1, 0.15) is 6.04 Å². The quantitative estimate of drug-likeness (QED) is 0.482. The van der Waals surface area contributed by atoms with E-state index in [0.29, 0.717) is 0 Å². The van der Waals surface area contributed by atoms with Crippen molar-refractivity contribution in [1.82, 2.24) is 4.67 Å². The van der Waals surface area contributed by atoms with Crippen molar-refractivity contribution in [2.75, 3.05) is 7.11 Å². The van der Waals surface area contributed by atoms with Crippen molar-refractivity contribution in [3.8, 4) is 0 Å². The summed E-state index contributed by atoms with van der Waals surface area (Å²) in [6, 6.07) is 18.4. The molecule has 4 rings (SSSR count). The molecule has 1 heterocycles. The highest BCUT2D eigenvalue weighted by Gasteiger charge is 2.55. The third kappa shape index (κ3) is 2.48. The highest BCUT2D eigenvalue weighted by molar-refractivity contribution is 7.76. The van der Waals surface area contributed by atoms with E-state index in [-0.39, 0.29) is 17.9 Å². The third-order valence-electron chi connectivity index (χ3n) is 5.10. The van der Waals surface area contributed by atoms with Crippen molar-refractivity contribution in [1.29, 1.82) is 0 Å². The molecular weight excluding hydrogens is 333 g/mol. The summed E-state index contributed by atoms with van der Waals surface area (Å²) in [5.41, 5.74) is 0. The third-order valence-corrected chi connectivity index (χ3v) is 8.30. The van der Waals surface area contributed by atoms with E-state index in [4.69, 9.17) is 4.74 Å². The monoisotopic (exact) mass is 353 g/mol. The maximum absolute atomic E-state index is 14.5. The van der Waals surface area contributed by atoms with Gasteiger partial charge in [-0.25, -0.2) is 4.67 Å². The van der Waals surface area contributed by atoms with Crippen molar-refractivity contribution in [3.63, 3.8) is 0 Å². The molecule has 0 radical (unpaired) electrons. The standard InChI is InChI=1S/C20H20NO3P/c1-24-20(22)19-15-12-13-16(14-15)21(19)25(23,17-8-4-2-5-9-17)18-10-6-3-7-11-18/h2-13,15-16,19H,14H2,1H3/t15-,16+,19+/m1/s1. The second-order valence-corrected chi connectivity index (χ2v) is 9.09. The Morgan fingerprint density at radius 1 is 1.00 bits per heavy atom. The first-order chi connectivity index (χ1) is 12.2. The number of hydrogen-bond donors (Lipinski definition) is 0. The summed E-state index contributed by atoms with van der Waals surface area (Å²) < 4.78 is 21.5. The van der Waals surface area contributed by atoms with Crippen LogP contribution in [0.25, 0.3) is 0 Å². The fraction of sp³-hybridized carbons (Fsp3) is 0.250. The first kappa shape index (κ1) is 16.3. The molecule has 5 heteroatoms. The largest absolute Gasteiger partial charge is 0.468 e.